The first-order chi connectivity index (χ1) is 12.2. The lowest BCUT2D eigenvalue weighted by atomic mass is 10.2. The van der Waals surface area contributed by atoms with E-state index in [1.807, 2.05) is 5.38 Å². The van der Waals surface area contributed by atoms with Crippen LogP contribution in [0, 0.1) is 5.82 Å². The second-order valence-corrected chi connectivity index (χ2v) is 6.19. The number of carbonyl (C=O) groups is 1. The SMILES string of the molecule is O=C(NCCc1csc2nc(-c3cccc(F)c3)nn12)c1ccco1. The lowest BCUT2D eigenvalue weighted by molar-refractivity contribution is 0.0926. The summed E-state index contributed by atoms with van der Waals surface area (Å²) in [6.07, 6.45) is 2.05. The highest BCUT2D eigenvalue weighted by Crippen LogP contribution is 2.21. The molecular weight excluding hydrogens is 343 g/mol. The molecule has 0 radical (unpaired) electrons. The summed E-state index contributed by atoms with van der Waals surface area (Å²) < 4.78 is 20.1. The highest BCUT2D eigenvalue weighted by molar-refractivity contribution is 7.15. The van der Waals surface area contributed by atoms with Crippen molar-refractivity contribution in [2.24, 2.45) is 0 Å². The van der Waals surface area contributed by atoms with Crippen LogP contribution < -0.4 is 5.32 Å². The molecule has 0 saturated carbocycles. The molecule has 8 heteroatoms. The van der Waals surface area contributed by atoms with E-state index in [-0.39, 0.29) is 17.5 Å². The molecule has 1 N–H and O–H groups in total. The van der Waals surface area contributed by atoms with Gasteiger partial charge in [0.25, 0.3) is 5.91 Å². The smallest absolute Gasteiger partial charge is 0.286 e. The molecule has 0 aliphatic carbocycles. The van der Waals surface area contributed by atoms with Crippen LogP contribution >= 0.6 is 11.3 Å². The molecule has 4 aromatic rings. The Hall–Kier alpha value is -3.00. The Balaban J connectivity index is 1.48. The minimum atomic E-state index is -0.323. The van der Waals surface area contributed by atoms with Crippen molar-refractivity contribution in [2.45, 2.75) is 6.42 Å². The monoisotopic (exact) mass is 356 g/mol. The van der Waals surface area contributed by atoms with Gasteiger partial charge in [-0.3, -0.25) is 4.79 Å². The number of hydrogen-bond donors (Lipinski definition) is 1. The molecule has 0 fully saturated rings. The highest BCUT2D eigenvalue weighted by atomic mass is 32.1. The number of nitrogens with one attached hydrogen (secondary N) is 1. The van der Waals surface area contributed by atoms with Crippen LogP contribution in [0.2, 0.25) is 0 Å². The van der Waals surface area contributed by atoms with Gasteiger partial charge in [-0.05, 0) is 24.3 Å². The van der Waals surface area contributed by atoms with Gasteiger partial charge in [0.2, 0.25) is 4.96 Å². The number of nitrogens with zero attached hydrogens (tertiary/aromatic N) is 3. The van der Waals surface area contributed by atoms with E-state index in [0.29, 0.717) is 24.4 Å². The molecule has 4 rings (SSSR count). The van der Waals surface area contributed by atoms with Gasteiger partial charge in [-0.15, -0.1) is 16.4 Å². The first kappa shape index (κ1) is 15.5. The van der Waals surface area contributed by atoms with Crippen molar-refractivity contribution < 1.29 is 13.6 Å². The molecule has 0 atom stereocenters. The van der Waals surface area contributed by atoms with Gasteiger partial charge in [0, 0.05) is 23.9 Å². The fourth-order valence-corrected chi connectivity index (χ4v) is 3.30. The molecule has 3 aromatic heterocycles. The predicted octanol–water partition coefficient (Wildman–Crippen LogP) is 3.16. The molecule has 1 amide bonds. The fraction of sp³-hybridized carbons (Fsp3) is 0.118. The van der Waals surface area contributed by atoms with Crippen molar-refractivity contribution in [1.82, 2.24) is 19.9 Å². The number of benzene rings is 1. The van der Waals surface area contributed by atoms with Crippen molar-refractivity contribution in [3.8, 4) is 11.4 Å². The number of amides is 1. The summed E-state index contributed by atoms with van der Waals surface area (Å²) in [5.74, 6) is 0.184. The van der Waals surface area contributed by atoms with Crippen LogP contribution in [0.1, 0.15) is 16.2 Å². The normalized spacial score (nSPS) is 11.1. The third-order valence-electron chi connectivity index (χ3n) is 3.64. The first-order valence-electron chi connectivity index (χ1n) is 7.61. The third-order valence-corrected chi connectivity index (χ3v) is 4.51. The van der Waals surface area contributed by atoms with Crippen molar-refractivity contribution >= 4 is 22.2 Å². The van der Waals surface area contributed by atoms with Crippen LogP contribution in [0.4, 0.5) is 4.39 Å². The zero-order valence-electron chi connectivity index (χ0n) is 13.0. The summed E-state index contributed by atoms with van der Waals surface area (Å²) in [5.41, 5.74) is 1.56. The molecule has 0 spiro atoms. The molecular formula is C17H13FN4O2S. The van der Waals surface area contributed by atoms with Gasteiger partial charge in [0.15, 0.2) is 11.6 Å². The molecule has 6 nitrogen and oxygen atoms in total. The van der Waals surface area contributed by atoms with Crippen molar-refractivity contribution in [1.29, 1.82) is 0 Å². The molecule has 0 aliphatic heterocycles. The van der Waals surface area contributed by atoms with Crippen LogP contribution in [-0.2, 0) is 6.42 Å². The second kappa shape index (κ2) is 6.48. The first-order valence-corrected chi connectivity index (χ1v) is 8.49. The molecule has 3 heterocycles. The van der Waals surface area contributed by atoms with Crippen LogP contribution in [0.5, 0.6) is 0 Å². The molecule has 0 saturated heterocycles. The summed E-state index contributed by atoms with van der Waals surface area (Å²) in [6, 6.07) is 9.47. The van der Waals surface area contributed by atoms with Crippen molar-refractivity contribution in [3.63, 3.8) is 0 Å². The quantitative estimate of drug-likeness (QED) is 0.596. The molecule has 0 bridgehead atoms. The van der Waals surface area contributed by atoms with E-state index in [1.54, 1.807) is 28.8 Å². The van der Waals surface area contributed by atoms with Gasteiger partial charge < -0.3 is 9.73 Å². The van der Waals surface area contributed by atoms with Gasteiger partial charge in [0.05, 0.1) is 12.0 Å². The van der Waals surface area contributed by atoms with E-state index in [0.717, 1.165) is 10.7 Å². The maximum atomic E-state index is 13.4. The lowest BCUT2D eigenvalue weighted by Crippen LogP contribution is -2.25. The van der Waals surface area contributed by atoms with E-state index in [4.69, 9.17) is 4.42 Å². The minimum absolute atomic E-state index is 0.254. The van der Waals surface area contributed by atoms with Gasteiger partial charge >= 0.3 is 0 Å². The number of rotatable bonds is 5. The van der Waals surface area contributed by atoms with Crippen LogP contribution in [0.15, 0.2) is 52.5 Å². The van der Waals surface area contributed by atoms with E-state index < -0.39 is 0 Å². The second-order valence-electron chi connectivity index (χ2n) is 5.35. The van der Waals surface area contributed by atoms with Gasteiger partial charge in [0.1, 0.15) is 5.82 Å². The number of fused-ring (bicyclic) bond motifs is 1. The summed E-state index contributed by atoms with van der Waals surface area (Å²) >= 11 is 1.45. The van der Waals surface area contributed by atoms with Gasteiger partial charge in [-0.25, -0.2) is 8.91 Å². The Morgan fingerprint density at radius 3 is 3.04 bits per heavy atom. The average molecular weight is 356 g/mol. The molecule has 0 aliphatic rings. The van der Waals surface area contributed by atoms with E-state index in [9.17, 15) is 9.18 Å². The van der Waals surface area contributed by atoms with Crippen molar-refractivity contribution in [3.05, 3.63) is 65.3 Å². The van der Waals surface area contributed by atoms with E-state index in [2.05, 4.69) is 15.4 Å². The Kier molecular flexibility index (Phi) is 4.02. The zero-order valence-corrected chi connectivity index (χ0v) is 13.8. The fourth-order valence-electron chi connectivity index (χ4n) is 2.45. The molecule has 0 unspecified atom stereocenters. The van der Waals surface area contributed by atoms with Gasteiger partial charge in [-0.1, -0.05) is 12.1 Å². The standard InChI is InChI=1S/C17H13FN4O2S/c18-12-4-1-3-11(9-12)15-20-17-22(21-15)13(10-25-17)6-7-19-16(23)14-5-2-8-24-14/h1-5,8-10H,6-7H2,(H,19,23). The third kappa shape index (κ3) is 3.16. The van der Waals surface area contributed by atoms with Crippen LogP contribution in [0.3, 0.4) is 0 Å². The van der Waals surface area contributed by atoms with E-state index in [1.165, 1.54) is 29.7 Å². The highest BCUT2D eigenvalue weighted by Gasteiger charge is 2.13. The Bertz CT molecular complexity index is 1020. The summed E-state index contributed by atoms with van der Waals surface area (Å²) in [4.78, 5) is 17.0. The van der Waals surface area contributed by atoms with Crippen LogP contribution in [0.25, 0.3) is 16.3 Å². The maximum absolute atomic E-state index is 13.4. The Morgan fingerprint density at radius 2 is 2.24 bits per heavy atom. The zero-order chi connectivity index (χ0) is 17.2. The van der Waals surface area contributed by atoms with Gasteiger partial charge in [-0.2, -0.15) is 4.98 Å². The topological polar surface area (TPSA) is 72.4 Å². The summed E-state index contributed by atoms with van der Waals surface area (Å²) in [7, 11) is 0. The van der Waals surface area contributed by atoms with Crippen LogP contribution in [-0.4, -0.2) is 27.0 Å². The Morgan fingerprint density at radius 1 is 1.32 bits per heavy atom. The molecule has 1 aromatic carbocycles. The molecule has 126 valence electrons. The number of hydrogen-bond acceptors (Lipinski definition) is 5. The number of thiazole rings is 1. The largest absolute Gasteiger partial charge is 0.459 e. The summed E-state index contributed by atoms with van der Waals surface area (Å²) in [6.45, 7) is 0.445. The maximum Gasteiger partial charge on any atom is 0.286 e. The predicted molar refractivity (Wildman–Crippen MR) is 91.0 cm³/mol. The number of aromatic nitrogens is 3. The lowest BCUT2D eigenvalue weighted by Gasteiger charge is -2.02. The Labute approximate surface area is 145 Å². The van der Waals surface area contributed by atoms with Crippen molar-refractivity contribution in [2.75, 3.05) is 6.54 Å². The number of carbonyl (C=O) groups excluding carboxylic acids is 1. The minimum Gasteiger partial charge on any atom is -0.459 e. The number of halogens is 1. The molecule has 25 heavy (non-hydrogen) atoms. The van der Waals surface area contributed by atoms with E-state index >= 15 is 0 Å². The average Bonchev–Trinajstić information content (AvgIpc) is 3.33. The number of furan rings is 1. The summed E-state index contributed by atoms with van der Waals surface area (Å²) in [5, 5.41) is 9.19.